The van der Waals surface area contributed by atoms with Crippen LogP contribution in [-0.2, 0) is 6.54 Å². The molecule has 1 aromatic carbocycles. The quantitative estimate of drug-likeness (QED) is 0.597. The van der Waals surface area contributed by atoms with Gasteiger partial charge in [-0.2, -0.15) is 5.10 Å². The van der Waals surface area contributed by atoms with Crippen LogP contribution in [0, 0.1) is 16.0 Å². The van der Waals surface area contributed by atoms with E-state index < -0.39 is 0 Å². The minimum Gasteiger partial charge on any atom is -0.487 e. The maximum absolute atomic E-state index is 11.6. The number of benzene rings is 1. The Hall–Kier alpha value is -2.64. The van der Waals surface area contributed by atoms with Crippen molar-refractivity contribution in [1.82, 2.24) is 14.8 Å². The van der Waals surface area contributed by atoms with Crippen LogP contribution in [0.3, 0.4) is 0 Å². The van der Waals surface area contributed by atoms with E-state index in [-0.39, 0.29) is 10.6 Å². The lowest BCUT2D eigenvalue weighted by atomic mass is 9.97. The van der Waals surface area contributed by atoms with Crippen LogP contribution in [0.2, 0.25) is 0 Å². The van der Waals surface area contributed by atoms with Crippen LogP contribution in [0.1, 0.15) is 19.8 Å². The maximum Gasteiger partial charge on any atom is 0.333 e. The van der Waals surface area contributed by atoms with Gasteiger partial charge in [0.15, 0.2) is 5.75 Å². The molecule has 0 spiro atoms. The van der Waals surface area contributed by atoms with E-state index >= 15 is 0 Å². The first-order valence-corrected chi connectivity index (χ1v) is 8.16. The normalized spacial score (nSPS) is 17.7. The van der Waals surface area contributed by atoms with Crippen LogP contribution >= 0.6 is 0 Å². The van der Waals surface area contributed by atoms with Crippen LogP contribution in [0.15, 0.2) is 30.9 Å². The fraction of sp³-hybridized carbons (Fsp3) is 0.500. The van der Waals surface area contributed by atoms with Crippen molar-refractivity contribution in [2.45, 2.75) is 26.3 Å². The summed E-state index contributed by atoms with van der Waals surface area (Å²) >= 11 is 0. The number of piperidine rings is 1. The Morgan fingerprint density at radius 2 is 2.33 bits per heavy atom. The lowest BCUT2D eigenvalue weighted by Crippen LogP contribution is -2.37. The highest BCUT2D eigenvalue weighted by atomic mass is 16.6. The molecule has 0 amide bonds. The summed E-state index contributed by atoms with van der Waals surface area (Å²) < 4.78 is 7.27. The SMILES string of the molecule is CCOc1cccc(N2CCC[C@H](Cn3cncn3)C2)c1[N+](=O)[O-]. The van der Waals surface area contributed by atoms with E-state index in [1.807, 2.05) is 17.7 Å². The molecule has 0 unspecified atom stereocenters. The number of para-hydroxylation sites is 1. The molecule has 8 heteroatoms. The smallest absolute Gasteiger partial charge is 0.333 e. The molecule has 0 saturated carbocycles. The van der Waals surface area contributed by atoms with Gasteiger partial charge in [-0.05, 0) is 37.8 Å². The second-order valence-electron chi connectivity index (χ2n) is 5.89. The van der Waals surface area contributed by atoms with Crippen molar-refractivity contribution >= 4 is 11.4 Å². The van der Waals surface area contributed by atoms with Gasteiger partial charge in [0.25, 0.3) is 0 Å². The third-order valence-corrected chi connectivity index (χ3v) is 4.23. The zero-order valence-corrected chi connectivity index (χ0v) is 13.7. The molecular formula is C16H21N5O3. The Bertz CT molecular complexity index is 689. The number of nitrogens with zero attached hydrogens (tertiary/aromatic N) is 5. The van der Waals surface area contributed by atoms with E-state index in [1.54, 1.807) is 18.5 Å². The summed E-state index contributed by atoms with van der Waals surface area (Å²) in [4.78, 5) is 17.3. The average molecular weight is 331 g/mol. The molecule has 1 aliphatic heterocycles. The van der Waals surface area contributed by atoms with Crippen molar-refractivity contribution in [2.24, 2.45) is 5.92 Å². The van der Waals surface area contributed by atoms with E-state index in [2.05, 4.69) is 15.0 Å². The van der Waals surface area contributed by atoms with Crippen LogP contribution < -0.4 is 9.64 Å². The third-order valence-electron chi connectivity index (χ3n) is 4.23. The Kier molecular flexibility index (Phi) is 4.93. The van der Waals surface area contributed by atoms with Gasteiger partial charge in [0.2, 0.25) is 0 Å². The molecule has 0 radical (unpaired) electrons. The number of anilines is 1. The first-order chi connectivity index (χ1) is 11.7. The standard InChI is InChI=1S/C16H21N5O3/c1-2-24-15-7-3-6-14(16(15)21(22)23)19-8-4-5-13(9-19)10-20-12-17-11-18-20/h3,6-7,11-13H,2,4-5,8-10H2,1H3/t13-/m0/s1. The fourth-order valence-electron chi connectivity index (χ4n) is 3.25. The van der Waals surface area contributed by atoms with Gasteiger partial charge in [0.05, 0.1) is 11.5 Å². The molecule has 2 aromatic rings. The van der Waals surface area contributed by atoms with Crippen molar-refractivity contribution in [3.8, 4) is 5.75 Å². The van der Waals surface area contributed by atoms with Gasteiger partial charge in [0, 0.05) is 19.6 Å². The van der Waals surface area contributed by atoms with Gasteiger partial charge < -0.3 is 9.64 Å². The highest BCUT2D eigenvalue weighted by Gasteiger charge is 2.28. The van der Waals surface area contributed by atoms with Crippen molar-refractivity contribution in [3.63, 3.8) is 0 Å². The van der Waals surface area contributed by atoms with Crippen molar-refractivity contribution in [2.75, 3.05) is 24.6 Å². The molecule has 128 valence electrons. The summed E-state index contributed by atoms with van der Waals surface area (Å²) in [7, 11) is 0. The maximum atomic E-state index is 11.6. The van der Waals surface area contributed by atoms with Crippen LogP contribution in [0.4, 0.5) is 11.4 Å². The highest BCUT2D eigenvalue weighted by Crippen LogP contribution is 2.38. The first-order valence-electron chi connectivity index (χ1n) is 8.16. The fourth-order valence-corrected chi connectivity index (χ4v) is 3.25. The van der Waals surface area contributed by atoms with Crippen molar-refractivity contribution in [3.05, 3.63) is 41.0 Å². The predicted molar refractivity (Wildman–Crippen MR) is 89.2 cm³/mol. The first kappa shape index (κ1) is 16.2. The largest absolute Gasteiger partial charge is 0.487 e. The van der Waals surface area contributed by atoms with Gasteiger partial charge in [-0.25, -0.2) is 4.98 Å². The number of nitro groups is 1. The molecule has 24 heavy (non-hydrogen) atoms. The summed E-state index contributed by atoms with van der Waals surface area (Å²) in [6, 6.07) is 5.27. The summed E-state index contributed by atoms with van der Waals surface area (Å²) in [6.07, 6.45) is 5.30. The number of ether oxygens (including phenoxy) is 1. The van der Waals surface area contributed by atoms with Crippen LogP contribution in [0.5, 0.6) is 5.75 Å². The highest BCUT2D eigenvalue weighted by molar-refractivity contribution is 5.70. The minimum atomic E-state index is -0.346. The lowest BCUT2D eigenvalue weighted by molar-refractivity contribution is -0.385. The van der Waals surface area contributed by atoms with Gasteiger partial charge in [-0.1, -0.05) is 6.07 Å². The molecule has 0 N–H and O–H groups in total. The van der Waals surface area contributed by atoms with Gasteiger partial charge in [-0.3, -0.25) is 14.8 Å². The van der Waals surface area contributed by atoms with Crippen LogP contribution in [-0.4, -0.2) is 39.4 Å². The number of rotatable bonds is 6. The summed E-state index contributed by atoms with van der Waals surface area (Å²) in [5.74, 6) is 0.717. The molecule has 1 aromatic heterocycles. The van der Waals surface area contributed by atoms with Crippen molar-refractivity contribution < 1.29 is 9.66 Å². The minimum absolute atomic E-state index is 0.0563. The third kappa shape index (κ3) is 3.47. The predicted octanol–water partition coefficient (Wildman–Crippen LogP) is 2.50. The average Bonchev–Trinajstić information content (AvgIpc) is 3.08. The monoisotopic (exact) mass is 331 g/mol. The summed E-state index contributed by atoms with van der Waals surface area (Å²) in [5, 5.41) is 15.7. The van der Waals surface area contributed by atoms with E-state index in [0.717, 1.165) is 32.5 Å². The summed E-state index contributed by atoms with van der Waals surface area (Å²) in [6.45, 7) is 4.57. The van der Waals surface area contributed by atoms with Gasteiger partial charge in [-0.15, -0.1) is 0 Å². The van der Waals surface area contributed by atoms with Crippen molar-refractivity contribution in [1.29, 1.82) is 0 Å². The molecule has 1 atom stereocenters. The Morgan fingerprint density at radius 1 is 1.46 bits per heavy atom. The number of nitro benzene ring substituents is 1. The second kappa shape index (κ2) is 7.29. The zero-order valence-electron chi connectivity index (χ0n) is 13.7. The Labute approximate surface area is 140 Å². The number of hydrogen-bond acceptors (Lipinski definition) is 6. The lowest BCUT2D eigenvalue weighted by Gasteiger charge is -2.34. The molecule has 8 nitrogen and oxygen atoms in total. The molecular weight excluding hydrogens is 310 g/mol. The molecule has 1 saturated heterocycles. The van der Waals surface area contributed by atoms with Gasteiger partial charge >= 0.3 is 5.69 Å². The molecule has 1 fully saturated rings. The summed E-state index contributed by atoms with van der Waals surface area (Å²) in [5.41, 5.74) is 0.690. The molecule has 0 aliphatic carbocycles. The molecule has 1 aliphatic rings. The van der Waals surface area contributed by atoms with Crippen LogP contribution in [0.25, 0.3) is 0 Å². The second-order valence-corrected chi connectivity index (χ2v) is 5.89. The Balaban J connectivity index is 1.82. The zero-order chi connectivity index (χ0) is 16.9. The Morgan fingerprint density at radius 3 is 3.04 bits per heavy atom. The van der Waals surface area contributed by atoms with Gasteiger partial charge in [0.1, 0.15) is 18.3 Å². The molecule has 3 rings (SSSR count). The molecule has 0 bridgehead atoms. The molecule has 2 heterocycles. The topological polar surface area (TPSA) is 86.3 Å². The van der Waals surface area contributed by atoms with E-state index in [9.17, 15) is 10.1 Å². The number of aromatic nitrogens is 3. The van der Waals surface area contributed by atoms with E-state index in [0.29, 0.717) is 24.0 Å². The van der Waals surface area contributed by atoms with E-state index in [1.165, 1.54) is 6.33 Å². The van der Waals surface area contributed by atoms with E-state index in [4.69, 9.17) is 4.74 Å². The number of hydrogen-bond donors (Lipinski definition) is 0.